The summed E-state index contributed by atoms with van der Waals surface area (Å²) in [5, 5.41) is 11.7. The Labute approximate surface area is 124 Å². The number of amides is 1. The Morgan fingerprint density at radius 3 is 2.19 bits per heavy atom. The summed E-state index contributed by atoms with van der Waals surface area (Å²) in [5.41, 5.74) is 1.33. The molecule has 114 valence electrons. The smallest absolute Gasteiger partial charge is 0.326 e. The summed E-state index contributed by atoms with van der Waals surface area (Å²) in [4.78, 5) is 34.2. The molecule has 0 aliphatic carbocycles. The third kappa shape index (κ3) is 5.02. The van der Waals surface area contributed by atoms with Gasteiger partial charge in [-0.15, -0.1) is 0 Å². The van der Waals surface area contributed by atoms with Gasteiger partial charge >= 0.3 is 5.97 Å². The van der Waals surface area contributed by atoms with Crippen LogP contribution in [0, 0.1) is 5.92 Å². The van der Waals surface area contributed by atoms with Gasteiger partial charge in [-0.3, -0.25) is 9.59 Å². The Kier molecular flexibility index (Phi) is 6.09. The summed E-state index contributed by atoms with van der Waals surface area (Å²) in [6, 6.07) is 5.85. The van der Waals surface area contributed by atoms with Gasteiger partial charge in [-0.25, -0.2) is 4.79 Å². The first-order valence-electron chi connectivity index (χ1n) is 6.97. The number of carboxylic acid groups (broad SMARTS) is 1. The van der Waals surface area contributed by atoms with Crippen molar-refractivity contribution in [2.75, 3.05) is 0 Å². The van der Waals surface area contributed by atoms with E-state index >= 15 is 0 Å². The normalized spacial score (nSPS) is 13.3. The summed E-state index contributed by atoms with van der Waals surface area (Å²) < 4.78 is 0. The van der Waals surface area contributed by atoms with Crippen molar-refractivity contribution in [1.82, 2.24) is 5.32 Å². The molecule has 0 aliphatic rings. The molecule has 5 nitrogen and oxygen atoms in total. The predicted molar refractivity (Wildman–Crippen MR) is 79.2 cm³/mol. The number of hydrogen-bond acceptors (Lipinski definition) is 3. The van der Waals surface area contributed by atoms with Gasteiger partial charge in [0.2, 0.25) is 5.91 Å². The van der Waals surface area contributed by atoms with E-state index in [0.29, 0.717) is 12.0 Å². The molecule has 0 aromatic heterocycles. The van der Waals surface area contributed by atoms with Crippen molar-refractivity contribution in [2.24, 2.45) is 5.92 Å². The van der Waals surface area contributed by atoms with Crippen LogP contribution in [0.4, 0.5) is 0 Å². The van der Waals surface area contributed by atoms with Gasteiger partial charge < -0.3 is 10.4 Å². The highest BCUT2D eigenvalue weighted by Crippen LogP contribution is 2.10. The van der Waals surface area contributed by atoms with Gasteiger partial charge in [-0.2, -0.15) is 0 Å². The maximum Gasteiger partial charge on any atom is 0.326 e. The third-order valence-electron chi connectivity index (χ3n) is 3.52. The summed E-state index contributed by atoms with van der Waals surface area (Å²) in [5.74, 6) is -1.52. The number of nitrogens with one attached hydrogen (secondary N) is 1. The van der Waals surface area contributed by atoms with Crippen LogP contribution in [-0.4, -0.2) is 28.8 Å². The fraction of sp³-hybridized carbons (Fsp3) is 0.438. The van der Waals surface area contributed by atoms with Gasteiger partial charge in [-0.1, -0.05) is 44.5 Å². The van der Waals surface area contributed by atoms with Crippen LogP contribution in [0.1, 0.15) is 43.1 Å². The summed E-state index contributed by atoms with van der Waals surface area (Å²) in [6.07, 6.45) is 0.767. The lowest BCUT2D eigenvalue weighted by Crippen LogP contribution is -2.45. The minimum atomic E-state index is -1.02. The highest BCUT2D eigenvalue weighted by atomic mass is 16.4. The van der Waals surface area contributed by atoms with E-state index in [1.165, 1.54) is 6.92 Å². The highest BCUT2D eigenvalue weighted by Gasteiger charge is 2.25. The molecule has 21 heavy (non-hydrogen) atoms. The molecule has 0 aliphatic heterocycles. The molecule has 1 aromatic carbocycles. The number of benzene rings is 1. The number of aliphatic carboxylic acids is 1. The first-order chi connectivity index (χ1) is 9.85. The van der Waals surface area contributed by atoms with Crippen molar-refractivity contribution in [3.05, 3.63) is 35.4 Å². The van der Waals surface area contributed by atoms with Gasteiger partial charge in [0, 0.05) is 5.56 Å². The maximum atomic E-state index is 11.9. The second-order valence-corrected chi connectivity index (χ2v) is 5.20. The first kappa shape index (κ1) is 16.9. The lowest BCUT2D eigenvalue weighted by molar-refractivity contribution is -0.143. The number of carboxylic acids is 1. The SMILES string of the molecule is CC[C@H](C)[C@H](NC(=O)Cc1ccc(C(C)=O)cc1)C(=O)O. The quantitative estimate of drug-likeness (QED) is 0.753. The van der Waals surface area contributed by atoms with E-state index in [4.69, 9.17) is 5.11 Å². The summed E-state index contributed by atoms with van der Waals surface area (Å²) in [7, 11) is 0. The number of carbonyl (C=O) groups excluding carboxylic acids is 2. The van der Waals surface area contributed by atoms with E-state index < -0.39 is 12.0 Å². The largest absolute Gasteiger partial charge is 0.480 e. The highest BCUT2D eigenvalue weighted by molar-refractivity contribution is 5.94. The van der Waals surface area contributed by atoms with Crippen molar-refractivity contribution in [3.63, 3.8) is 0 Å². The van der Waals surface area contributed by atoms with E-state index in [2.05, 4.69) is 5.32 Å². The van der Waals surface area contributed by atoms with Crippen LogP contribution in [-0.2, 0) is 16.0 Å². The van der Waals surface area contributed by atoms with Crippen molar-refractivity contribution >= 4 is 17.7 Å². The summed E-state index contributed by atoms with van der Waals surface area (Å²) >= 11 is 0. The predicted octanol–water partition coefficient (Wildman–Crippen LogP) is 2.05. The summed E-state index contributed by atoms with van der Waals surface area (Å²) in [6.45, 7) is 5.15. The van der Waals surface area contributed by atoms with E-state index in [1.54, 1.807) is 31.2 Å². The van der Waals surface area contributed by atoms with Crippen LogP contribution in [0.3, 0.4) is 0 Å². The van der Waals surface area contributed by atoms with Crippen LogP contribution in [0.2, 0.25) is 0 Å². The minimum absolute atomic E-state index is 0.0336. The molecule has 2 atom stereocenters. The Balaban J connectivity index is 2.67. The molecular weight excluding hydrogens is 270 g/mol. The van der Waals surface area contributed by atoms with Crippen LogP contribution in [0.15, 0.2) is 24.3 Å². The maximum absolute atomic E-state index is 11.9. The number of hydrogen-bond donors (Lipinski definition) is 2. The Bertz CT molecular complexity index is 522. The van der Waals surface area contributed by atoms with Crippen molar-refractivity contribution < 1.29 is 19.5 Å². The minimum Gasteiger partial charge on any atom is -0.480 e. The molecule has 1 rings (SSSR count). The number of Topliss-reactive ketones (excluding diaryl/α,β-unsaturated/α-hetero) is 1. The van der Waals surface area contributed by atoms with Crippen LogP contribution in [0.25, 0.3) is 0 Å². The Hall–Kier alpha value is -2.17. The molecule has 0 saturated carbocycles. The molecule has 0 heterocycles. The number of carbonyl (C=O) groups is 3. The molecule has 0 bridgehead atoms. The van der Waals surface area contributed by atoms with E-state index in [9.17, 15) is 14.4 Å². The first-order valence-corrected chi connectivity index (χ1v) is 6.97. The van der Waals surface area contributed by atoms with Gasteiger partial charge in [-0.05, 0) is 18.4 Å². The molecule has 0 spiro atoms. The monoisotopic (exact) mass is 291 g/mol. The fourth-order valence-corrected chi connectivity index (χ4v) is 1.95. The third-order valence-corrected chi connectivity index (χ3v) is 3.52. The topological polar surface area (TPSA) is 83.5 Å². The standard InChI is InChI=1S/C16H21NO4/c1-4-10(2)15(16(20)21)17-14(19)9-12-5-7-13(8-6-12)11(3)18/h5-8,10,15H,4,9H2,1-3H3,(H,17,19)(H,20,21)/t10-,15-/m0/s1. The Morgan fingerprint density at radius 1 is 1.19 bits per heavy atom. The zero-order valence-corrected chi connectivity index (χ0v) is 12.6. The second-order valence-electron chi connectivity index (χ2n) is 5.20. The van der Waals surface area contributed by atoms with Crippen LogP contribution < -0.4 is 5.32 Å². The Morgan fingerprint density at radius 2 is 1.76 bits per heavy atom. The van der Waals surface area contributed by atoms with E-state index in [0.717, 1.165) is 5.56 Å². The zero-order chi connectivity index (χ0) is 16.0. The van der Waals surface area contributed by atoms with Crippen LogP contribution >= 0.6 is 0 Å². The fourth-order valence-electron chi connectivity index (χ4n) is 1.95. The van der Waals surface area contributed by atoms with Gasteiger partial charge in [0.05, 0.1) is 6.42 Å². The molecule has 2 N–H and O–H groups in total. The molecule has 0 unspecified atom stereocenters. The lowest BCUT2D eigenvalue weighted by Gasteiger charge is -2.20. The average molecular weight is 291 g/mol. The number of rotatable bonds is 7. The van der Waals surface area contributed by atoms with Crippen molar-refractivity contribution in [3.8, 4) is 0 Å². The van der Waals surface area contributed by atoms with Crippen LogP contribution in [0.5, 0.6) is 0 Å². The molecule has 0 saturated heterocycles. The van der Waals surface area contributed by atoms with Gasteiger partial charge in [0.25, 0.3) is 0 Å². The number of ketones is 1. The molecule has 5 heteroatoms. The van der Waals surface area contributed by atoms with Crippen molar-refractivity contribution in [2.45, 2.75) is 39.7 Å². The molecule has 1 aromatic rings. The lowest BCUT2D eigenvalue weighted by atomic mass is 9.99. The zero-order valence-electron chi connectivity index (χ0n) is 12.6. The van der Waals surface area contributed by atoms with Gasteiger partial charge in [0.15, 0.2) is 5.78 Å². The average Bonchev–Trinajstić information content (AvgIpc) is 2.44. The van der Waals surface area contributed by atoms with Gasteiger partial charge in [0.1, 0.15) is 6.04 Å². The second kappa shape index (κ2) is 7.57. The molecular formula is C16H21NO4. The molecule has 0 radical (unpaired) electrons. The molecule has 1 amide bonds. The molecule has 0 fully saturated rings. The van der Waals surface area contributed by atoms with E-state index in [-0.39, 0.29) is 24.0 Å². The van der Waals surface area contributed by atoms with Crippen molar-refractivity contribution in [1.29, 1.82) is 0 Å². The van der Waals surface area contributed by atoms with E-state index in [1.807, 2.05) is 6.92 Å².